The lowest BCUT2D eigenvalue weighted by atomic mass is 9.99. The third-order valence-electron chi connectivity index (χ3n) is 5.89. The fourth-order valence-electron chi connectivity index (χ4n) is 4.12. The van der Waals surface area contributed by atoms with E-state index in [0.29, 0.717) is 10.6 Å². The number of aromatic nitrogens is 3. The van der Waals surface area contributed by atoms with Gasteiger partial charge in [-0.2, -0.15) is 10.3 Å². The van der Waals surface area contributed by atoms with Gasteiger partial charge in [0.15, 0.2) is 0 Å². The van der Waals surface area contributed by atoms with Crippen molar-refractivity contribution in [2.24, 2.45) is 4.99 Å². The van der Waals surface area contributed by atoms with Gasteiger partial charge in [-0.15, -0.1) is 0 Å². The number of nitrogens with zero attached hydrogens (tertiary/aromatic N) is 6. The summed E-state index contributed by atoms with van der Waals surface area (Å²) in [6, 6.07) is 23.7. The van der Waals surface area contributed by atoms with Gasteiger partial charge in [-0.25, -0.2) is 9.98 Å². The van der Waals surface area contributed by atoms with Crippen molar-refractivity contribution in [2.75, 3.05) is 23.9 Å². The lowest BCUT2D eigenvalue weighted by Crippen LogP contribution is -2.60. The van der Waals surface area contributed by atoms with Crippen LogP contribution in [0.15, 0.2) is 87.5 Å². The van der Waals surface area contributed by atoms with E-state index in [1.807, 2.05) is 66.7 Å². The number of hydrogen-bond acceptors (Lipinski definition) is 8. The maximum atomic E-state index is 12.7. The van der Waals surface area contributed by atoms with E-state index in [1.165, 1.54) is 18.2 Å². The van der Waals surface area contributed by atoms with Crippen molar-refractivity contribution >= 4 is 23.5 Å². The van der Waals surface area contributed by atoms with Crippen LogP contribution in [-0.4, -0.2) is 35.0 Å². The monoisotopic (exact) mass is 496 g/mol. The van der Waals surface area contributed by atoms with Gasteiger partial charge in [-0.05, 0) is 36.8 Å². The number of rotatable bonds is 7. The first-order valence-electron chi connectivity index (χ1n) is 11.8. The molecule has 0 amide bonds. The van der Waals surface area contributed by atoms with E-state index in [4.69, 9.17) is 9.51 Å². The van der Waals surface area contributed by atoms with Gasteiger partial charge in [-0.3, -0.25) is 4.52 Å². The number of hydrogen-bond donors (Lipinski definition) is 0. The molecule has 9 heteroatoms. The van der Waals surface area contributed by atoms with Gasteiger partial charge >= 0.3 is 5.88 Å². The van der Waals surface area contributed by atoms with E-state index in [0.717, 1.165) is 48.3 Å². The standard InChI is InChI=1S/C27H24N6O2S/c28-17-23-22(20-10-4-1-5-11-20)16-24(21-12-6-2-7-13-21)29-27(23)36-19-25(34)30-26-18-33(31-35-26)32-14-8-3-9-15-32/h1-2,4-7,10-13,16,18H,3,8-9,14-15,19H2. The Morgan fingerprint density at radius 2 is 1.75 bits per heavy atom. The molecule has 36 heavy (non-hydrogen) atoms. The minimum atomic E-state index is -0.390. The lowest BCUT2D eigenvalue weighted by Gasteiger charge is -2.17. The SMILES string of the molecule is N#Cc1c(-c2ccccc2)cc(-c2ccccc2)nc1SC/C([O-])=N/c1c[n+](N2CCCCC2)no1. The van der Waals surface area contributed by atoms with Crippen LogP contribution in [0.25, 0.3) is 22.4 Å². The van der Waals surface area contributed by atoms with Crippen molar-refractivity contribution < 1.29 is 14.4 Å². The minimum Gasteiger partial charge on any atom is -0.861 e. The van der Waals surface area contributed by atoms with Gasteiger partial charge in [-0.1, -0.05) is 72.4 Å². The van der Waals surface area contributed by atoms with Crippen LogP contribution in [0.5, 0.6) is 0 Å². The Balaban J connectivity index is 1.41. The largest absolute Gasteiger partial charge is 0.861 e. The normalized spacial score (nSPS) is 14.0. The molecule has 2 aromatic carbocycles. The van der Waals surface area contributed by atoms with Crippen LogP contribution < -0.4 is 14.9 Å². The highest BCUT2D eigenvalue weighted by Gasteiger charge is 2.22. The molecule has 4 aromatic rings. The highest BCUT2D eigenvalue weighted by atomic mass is 32.2. The molecular formula is C27H24N6O2S. The Hall–Kier alpha value is -4.16. The third-order valence-corrected chi connectivity index (χ3v) is 6.85. The number of thioether (sulfide) groups is 1. The van der Waals surface area contributed by atoms with E-state index in [9.17, 15) is 10.4 Å². The molecule has 8 nitrogen and oxygen atoms in total. The first-order valence-corrected chi connectivity index (χ1v) is 12.8. The molecule has 1 aliphatic heterocycles. The van der Waals surface area contributed by atoms with E-state index in [1.54, 1.807) is 11.0 Å². The van der Waals surface area contributed by atoms with Gasteiger partial charge in [0.05, 0.1) is 29.1 Å². The summed E-state index contributed by atoms with van der Waals surface area (Å²) in [6.45, 7) is 1.79. The highest BCUT2D eigenvalue weighted by Crippen LogP contribution is 2.34. The molecule has 0 N–H and O–H groups in total. The fourth-order valence-corrected chi connectivity index (χ4v) is 4.90. The van der Waals surface area contributed by atoms with E-state index >= 15 is 0 Å². The van der Waals surface area contributed by atoms with Gasteiger partial charge in [0.1, 0.15) is 11.1 Å². The van der Waals surface area contributed by atoms with Gasteiger partial charge in [0.2, 0.25) is 5.27 Å². The summed E-state index contributed by atoms with van der Waals surface area (Å²) in [5, 5.41) is 29.2. The van der Waals surface area contributed by atoms with Crippen molar-refractivity contribution in [3.8, 4) is 28.5 Å². The smallest absolute Gasteiger partial charge is 0.324 e. The molecule has 3 heterocycles. The van der Waals surface area contributed by atoms with Crippen molar-refractivity contribution in [2.45, 2.75) is 24.3 Å². The summed E-state index contributed by atoms with van der Waals surface area (Å²) in [5.74, 6) is -0.222. The molecule has 5 rings (SSSR count). The molecule has 1 fully saturated rings. The Labute approximate surface area is 213 Å². The molecule has 0 atom stereocenters. The summed E-state index contributed by atoms with van der Waals surface area (Å²) in [4.78, 5) is 10.4. The Morgan fingerprint density at radius 3 is 2.44 bits per heavy atom. The minimum absolute atomic E-state index is 0.0125. The van der Waals surface area contributed by atoms with Crippen molar-refractivity contribution in [3.05, 3.63) is 78.5 Å². The zero-order valence-electron chi connectivity index (χ0n) is 19.6. The maximum absolute atomic E-state index is 12.7. The maximum Gasteiger partial charge on any atom is 0.324 e. The van der Waals surface area contributed by atoms with Crippen LogP contribution in [0.1, 0.15) is 24.8 Å². The Kier molecular flexibility index (Phi) is 7.24. The van der Waals surface area contributed by atoms with Crippen LogP contribution in [-0.2, 0) is 0 Å². The summed E-state index contributed by atoms with van der Waals surface area (Å²) in [6.07, 6.45) is 5.03. The predicted molar refractivity (Wildman–Crippen MR) is 136 cm³/mol. The highest BCUT2D eigenvalue weighted by molar-refractivity contribution is 8.00. The molecule has 0 unspecified atom stereocenters. The van der Waals surface area contributed by atoms with Crippen LogP contribution in [0.3, 0.4) is 0 Å². The third kappa shape index (κ3) is 5.39. The van der Waals surface area contributed by atoms with Crippen LogP contribution in [0.4, 0.5) is 5.88 Å². The first kappa shape index (κ1) is 23.6. The average molecular weight is 497 g/mol. The summed E-state index contributed by atoms with van der Waals surface area (Å²) >= 11 is 1.20. The second kappa shape index (κ2) is 11.1. The zero-order chi connectivity index (χ0) is 24.7. The summed E-state index contributed by atoms with van der Waals surface area (Å²) in [5.41, 5.74) is 3.78. The average Bonchev–Trinajstić information content (AvgIpc) is 3.41. The van der Waals surface area contributed by atoms with E-state index in [-0.39, 0.29) is 17.5 Å². The van der Waals surface area contributed by atoms with Gasteiger partial charge in [0, 0.05) is 16.9 Å². The Bertz CT molecular complexity index is 1390. The van der Waals surface area contributed by atoms with Gasteiger partial charge in [0.25, 0.3) is 6.20 Å². The molecular weight excluding hydrogens is 472 g/mol. The molecule has 1 aliphatic rings. The topological polar surface area (TPSA) is 105 Å². The van der Waals surface area contributed by atoms with Crippen LogP contribution >= 0.6 is 11.8 Å². The van der Waals surface area contributed by atoms with Crippen LogP contribution in [0.2, 0.25) is 0 Å². The van der Waals surface area contributed by atoms with Crippen molar-refractivity contribution in [3.63, 3.8) is 0 Å². The second-order valence-corrected chi connectivity index (χ2v) is 9.31. The van der Waals surface area contributed by atoms with Crippen LogP contribution in [0, 0.1) is 11.3 Å². The summed E-state index contributed by atoms with van der Waals surface area (Å²) < 4.78 is 5.25. The first-order chi connectivity index (χ1) is 17.7. The molecule has 0 saturated carbocycles. The molecule has 0 aliphatic carbocycles. The van der Waals surface area contributed by atoms with Crippen molar-refractivity contribution in [1.82, 2.24) is 10.3 Å². The zero-order valence-corrected chi connectivity index (χ0v) is 20.4. The summed E-state index contributed by atoms with van der Waals surface area (Å²) in [7, 11) is 0. The quantitative estimate of drug-likeness (QED) is 0.166. The van der Waals surface area contributed by atoms with Crippen molar-refractivity contribution in [1.29, 1.82) is 5.26 Å². The van der Waals surface area contributed by atoms with E-state index < -0.39 is 0 Å². The number of aliphatic imine (C=N–C) groups is 1. The Morgan fingerprint density at radius 1 is 1.06 bits per heavy atom. The molecule has 2 aromatic heterocycles. The number of piperidine rings is 1. The predicted octanol–water partition coefficient (Wildman–Crippen LogP) is 3.87. The van der Waals surface area contributed by atoms with Gasteiger partial charge < -0.3 is 5.11 Å². The van der Waals surface area contributed by atoms with E-state index in [2.05, 4.69) is 21.3 Å². The number of pyridine rings is 1. The lowest BCUT2D eigenvalue weighted by molar-refractivity contribution is -0.759. The number of benzene rings is 2. The molecule has 0 radical (unpaired) electrons. The fraction of sp³-hybridized carbons (Fsp3) is 0.222. The molecule has 1 saturated heterocycles. The molecule has 180 valence electrons. The molecule has 0 spiro atoms. The molecule has 0 bridgehead atoms. The second-order valence-electron chi connectivity index (χ2n) is 8.35. The number of nitriles is 1.